The number of hydrogen-bond donors (Lipinski definition) is 0. The molecule has 0 saturated carbocycles. The summed E-state index contributed by atoms with van der Waals surface area (Å²) in [6, 6.07) is 21.9. The predicted octanol–water partition coefficient (Wildman–Crippen LogP) is 5.43. The molecular formula is C22H17N3OS2. The van der Waals surface area contributed by atoms with Crippen LogP contribution in [0.2, 0.25) is 0 Å². The first-order valence-corrected chi connectivity index (χ1v) is 10.7. The van der Waals surface area contributed by atoms with Crippen LogP contribution in [0.25, 0.3) is 26.3 Å². The zero-order valence-electron chi connectivity index (χ0n) is 15.3. The maximum atomic E-state index is 13.4. The lowest BCUT2D eigenvalue weighted by Crippen LogP contribution is -2.21. The maximum Gasteiger partial charge on any atom is 0.267 e. The zero-order valence-corrected chi connectivity index (χ0v) is 16.9. The van der Waals surface area contributed by atoms with E-state index in [0.717, 1.165) is 26.5 Å². The van der Waals surface area contributed by atoms with Crippen LogP contribution in [0, 0.1) is 18.3 Å². The Kier molecular flexibility index (Phi) is 5.29. The quantitative estimate of drug-likeness (QED) is 0.253. The fraction of sp³-hybridized carbons (Fsp3) is 0.136. The number of nitriles is 1. The molecule has 0 unspecified atom stereocenters. The highest BCUT2D eigenvalue weighted by Gasteiger charge is 2.17. The average Bonchev–Trinajstić information content (AvgIpc) is 3.15. The highest BCUT2D eigenvalue weighted by Crippen LogP contribution is 2.33. The molecule has 0 saturated heterocycles. The van der Waals surface area contributed by atoms with Gasteiger partial charge in [-0.3, -0.25) is 9.36 Å². The molecule has 0 spiro atoms. The molecule has 4 rings (SSSR count). The van der Waals surface area contributed by atoms with Crippen LogP contribution in [0.15, 0.2) is 70.6 Å². The van der Waals surface area contributed by atoms with Crippen molar-refractivity contribution >= 4 is 33.3 Å². The number of thiophene rings is 1. The van der Waals surface area contributed by atoms with Crippen molar-refractivity contribution in [1.82, 2.24) is 9.55 Å². The van der Waals surface area contributed by atoms with E-state index in [4.69, 9.17) is 10.2 Å². The first kappa shape index (κ1) is 18.5. The molecule has 0 N–H and O–H groups in total. The van der Waals surface area contributed by atoms with E-state index in [0.29, 0.717) is 22.7 Å². The Hall–Kier alpha value is -2.88. The summed E-state index contributed by atoms with van der Waals surface area (Å²) in [6.07, 6.45) is 0.409. The van der Waals surface area contributed by atoms with Crippen LogP contribution in [0.4, 0.5) is 0 Å². The monoisotopic (exact) mass is 403 g/mol. The van der Waals surface area contributed by atoms with Crippen molar-refractivity contribution in [2.45, 2.75) is 18.5 Å². The van der Waals surface area contributed by atoms with Crippen molar-refractivity contribution in [3.63, 3.8) is 0 Å². The number of rotatable bonds is 5. The minimum Gasteiger partial charge on any atom is -0.268 e. The molecule has 0 amide bonds. The van der Waals surface area contributed by atoms with Crippen LogP contribution in [-0.2, 0) is 0 Å². The van der Waals surface area contributed by atoms with Gasteiger partial charge in [-0.2, -0.15) is 5.26 Å². The van der Waals surface area contributed by atoms with E-state index < -0.39 is 0 Å². The number of aromatic nitrogens is 2. The SMILES string of the molecule is Cc1ccccc1-n1c(SCCC#N)nc2sc(-c3ccccc3)cc2c1=O. The molecule has 2 aromatic carbocycles. The van der Waals surface area contributed by atoms with Gasteiger partial charge in [0.1, 0.15) is 4.83 Å². The number of fused-ring (bicyclic) bond motifs is 1. The summed E-state index contributed by atoms with van der Waals surface area (Å²) in [6.45, 7) is 1.98. The normalized spacial score (nSPS) is 10.9. The Balaban J connectivity index is 1.94. The van der Waals surface area contributed by atoms with E-state index >= 15 is 0 Å². The molecule has 0 radical (unpaired) electrons. The van der Waals surface area contributed by atoms with E-state index in [1.807, 2.05) is 67.6 Å². The summed E-state index contributed by atoms with van der Waals surface area (Å²) in [5.41, 5.74) is 2.84. The minimum atomic E-state index is -0.0720. The Labute approximate surface area is 171 Å². The zero-order chi connectivity index (χ0) is 19.5. The van der Waals surface area contributed by atoms with Gasteiger partial charge in [-0.25, -0.2) is 4.98 Å². The summed E-state index contributed by atoms with van der Waals surface area (Å²) < 4.78 is 1.68. The van der Waals surface area contributed by atoms with Gasteiger partial charge in [0.05, 0.1) is 17.1 Å². The van der Waals surface area contributed by atoms with Gasteiger partial charge in [0.25, 0.3) is 5.56 Å². The molecule has 4 aromatic rings. The molecule has 2 heterocycles. The average molecular weight is 404 g/mol. The lowest BCUT2D eigenvalue weighted by atomic mass is 10.2. The molecule has 0 aliphatic carbocycles. The second-order valence-corrected chi connectivity index (χ2v) is 8.37. The van der Waals surface area contributed by atoms with Gasteiger partial charge in [-0.15, -0.1) is 11.3 Å². The number of aryl methyl sites for hydroxylation is 1. The van der Waals surface area contributed by atoms with Gasteiger partial charge in [0.15, 0.2) is 5.16 Å². The Morgan fingerprint density at radius 3 is 2.64 bits per heavy atom. The molecule has 0 atom stereocenters. The van der Waals surface area contributed by atoms with Gasteiger partial charge in [-0.05, 0) is 30.2 Å². The third-order valence-electron chi connectivity index (χ3n) is 4.39. The van der Waals surface area contributed by atoms with Crippen LogP contribution in [0.3, 0.4) is 0 Å². The topological polar surface area (TPSA) is 58.7 Å². The van der Waals surface area contributed by atoms with Crippen LogP contribution >= 0.6 is 23.1 Å². The Bertz CT molecular complexity index is 1240. The second-order valence-electron chi connectivity index (χ2n) is 6.27. The largest absolute Gasteiger partial charge is 0.268 e. The van der Waals surface area contributed by atoms with Gasteiger partial charge >= 0.3 is 0 Å². The highest BCUT2D eigenvalue weighted by molar-refractivity contribution is 7.99. The van der Waals surface area contributed by atoms with Crippen LogP contribution in [0.1, 0.15) is 12.0 Å². The molecule has 4 nitrogen and oxygen atoms in total. The lowest BCUT2D eigenvalue weighted by Gasteiger charge is -2.13. The number of thioether (sulfide) groups is 1. The van der Waals surface area contributed by atoms with E-state index in [1.54, 1.807) is 4.57 Å². The second kappa shape index (κ2) is 8.01. The van der Waals surface area contributed by atoms with E-state index in [2.05, 4.69) is 6.07 Å². The van der Waals surface area contributed by atoms with Crippen LogP contribution in [-0.4, -0.2) is 15.3 Å². The molecule has 6 heteroatoms. The van der Waals surface area contributed by atoms with E-state index in [1.165, 1.54) is 23.1 Å². The number of hydrogen-bond acceptors (Lipinski definition) is 5. The maximum absolute atomic E-state index is 13.4. The van der Waals surface area contributed by atoms with Gasteiger partial charge < -0.3 is 0 Å². The molecule has 2 aromatic heterocycles. The third kappa shape index (κ3) is 3.47. The van der Waals surface area contributed by atoms with E-state index in [9.17, 15) is 4.79 Å². The van der Waals surface area contributed by atoms with Crippen molar-refractivity contribution in [1.29, 1.82) is 5.26 Å². The number of benzene rings is 2. The molecule has 138 valence electrons. The van der Waals surface area contributed by atoms with Gasteiger partial charge in [-0.1, -0.05) is 60.3 Å². The van der Waals surface area contributed by atoms with Gasteiger partial charge in [0.2, 0.25) is 0 Å². The summed E-state index contributed by atoms with van der Waals surface area (Å²) in [5.74, 6) is 0.594. The van der Waals surface area contributed by atoms with Crippen molar-refractivity contribution in [3.05, 3.63) is 76.6 Å². The third-order valence-corrected chi connectivity index (χ3v) is 6.41. The Morgan fingerprint density at radius 2 is 1.89 bits per heavy atom. The molecule has 0 fully saturated rings. The van der Waals surface area contributed by atoms with Crippen molar-refractivity contribution in [3.8, 4) is 22.2 Å². The predicted molar refractivity (Wildman–Crippen MR) is 116 cm³/mol. The Morgan fingerprint density at radius 1 is 1.14 bits per heavy atom. The summed E-state index contributed by atoms with van der Waals surface area (Å²) in [5, 5.41) is 10.1. The first-order chi connectivity index (χ1) is 13.7. The number of para-hydroxylation sites is 1. The molecular weight excluding hydrogens is 386 g/mol. The van der Waals surface area contributed by atoms with E-state index in [-0.39, 0.29) is 5.56 Å². The fourth-order valence-corrected chi connectivity index (χ4v) is 4.95. The van der Waals surface area contributed by atoms with Crippen LogP contribution in [0.5, 0.6) is 0 Å². The molecule has 0 aliphatic rings. The fourth-order valence-electron chi connectivity index (χ4n) is 3.02. The van der Waals surface area contributed by atoms with Crippen molar-refractivity contribution in [2.75, 3.05) is 5.75 Å². The summed E-state index contributed by atoms with van der Waals surface area (Å²) >= 11 is 2.97. The number of nitrogens with zero attached hydrogens (tertiary/aromatic N) is 3. The minimum absolute atomic E-state index is 0.0720. The lowest BCUT2D eigenvalue weighted by molar-refractivity contribution is 0.817. The smallest absolute Gasteiger partial charge is 0.267 e. The molecule has 28 heavy (non-hydrogen) atoms. The van der Waals surface area contributed by atoms with Crippen molar-refractivity contribution in [2.24, 2.45) is 0 Å². The summed E-state index contributed by atoms with van der Waals surface area (Å²) in [4.78, 5) is 20.0. The summed E-state index contributed by atoms with van der Waals surface area (Å²) in [7, 11) is 0. The molecule has 0 bridgehead atoms. The highest BCUT2D eigenvalue weighted by atomic mass is 32.2. The first-order valence-electron chi connectivity index (χ1n) is 8.87. The standard InChI is InChI=1S/C22H17N3OS2/c1-15-8-5-6-11-18(15)25-21(26)17-14-19(16-9-3-2-4-10-16)28-20(17)24-22(25)27-13-7-12-23/h2-6,8-11,14H,7,13H2,1H3. The van der Waals surface area contributed by atoms with Crippen molar-refractivity contribution < 1.29 is 0 Å². The van der Waals surface area contributed by atoms with Crippen LogP contribution < -0.4 is 5.56 Å². The van der Waals surface area contributed by atoms with Gasteiger partial charge in [0, 0.05) is 17.1 Å². The molecule has 0 aliphatic heterocycles.